The van der Waals surface area contributed by atoms with Gasteiger partial charge in [-0.2, -0.15) is 0 Å². The van der Waals surface area contributed by atoms with Crippen LogP contribution in [-0.4, -0.2) is 28.2 Å². The third kappa shape index (κ3) is 13.8. The maximum Gasteiger partial charge on any atom is 0.138 e. The van der Waals surface area contributed by atoms with Crippen LogP contribution < -0.4 is 0 Å². The Morgan fingerprint density at radius 3 is 0.855 bits per heavy atom. The summed E-state index contributed by atoms with van der Waals surface area (Å²) in [5.41, 5.74) is 36.2. The Labute approximate surface area is 799 Å². The largest absolute Gasteiger partial charge is 0.456 e. The molecule has 0 aliphatic rings. The van der Waals surface area contributed by atoms with Crippen LogP contribution >= 0.6 is 11.3 Å². The third-order valence-electron chi connectivity index (χ3n) is 27.9. The number of rotatable bonds is 14. The van der Waals surface area contributed by atoms with Gasteiger partial charge in [-0.3, -0.25) is 9.13 Å². The minimum atomic E-state index is 0.868. The smallest absolute Gasteiger partial charge is 0.138 e. The molecule has 7 nitrogen and oxygen atoms in total. The quantitative estimate of drug-likeness (QED) is 0.109. The second-order valence-electron chi connectivity index (χ2n) is 35.9. The zero-order valence-electron chi connectivity index (χ0n) is 74.8. The molecule has 8 heteroatoms. The number of fused-ring (bicyclic) bond motifs is 18. The van der Waals surface area contributed by atoms with E-state index in [0.29, 0.717) is 0 Å². The number of nitrogens with zero attached hydrogens (tertiary/aromatic N) is 6. The molecule has 0 unspecified atom stereocenters. The second-order valence-corrected chi connectivity index (χ2v) is 37.0. The summed E-state index contributed by atoms with van der Waals surface area (Å²) in [6, 6.07) is 180. The Morgan fingerprint density at radius 1 is 0.152 bits per heavy atom. The molecule has 28 aromatic rings. The van der Waals surface area contributed by atoms with E-state index in [1.165, 1.54) is 141 Å². The van der Waals surface area contributed by atoms with Crippen LogP contribution in [0.3, 0.4) is 0 Å². The van der Waals surface area contributed by atoms with Crippen LogP contribution in [0, 0.1) is 0 Å². The molecule has 0 amide bonds. The van der Waals surface area contributed by atoms with E-state index in [9.17, 15) is 0 Å². The van der Waals surface area contributed by atoms with Gasteiger partial charge in [-0.15, -0.1) is 11.3 Å². The van der Waals surface area contributed by atoms with Crippen molar-refractivity contribution in [2.45, 2.75) is 0 Å². The number of hydrogen-bond donors (Lipinski definition) is 0. The summed E-state index contributed by atoms with van der Waals surface area (Å²) in [5, 5.41) is 14.5. The number of furan rings is 1. The van der Waals surface area contributed by atoms with Gasteiger partial charge in [0.2, 0.25) is 0 Å². The number of para-hydroxylation sites is 5. The summed E-state index contributed by atoms with van der Waals surface area (Å²) >= 11 is 1.86. The van der Waals surface area contributed by atoms with Crippen LogP contribution in [0.5, 0.6) is 0 Å². The molecule has 0 radical (unpaired) electrons. The van der Waals surface area contributed by atoms with Crippen molar-refractivity contribution in [1.82, 2.24) is 28.2 Å². The second kappa shape index (κ2) is 33.0. The van der Waals surface area contributed by atoms with Gasteiger partial charge in [-0.1, -0.05) is 315 Å². The molecule has 644 valence electrons. The topological polar surface area (TPSA) is 58.6 Å². The first kappa shape index (κ1) is 79.6. The van der Waals surface area contributed by atoms with E-state index in [1.807, 2.05) is 23.5 Å². The van der Waals surface area contributed by atoms with E-state index >= 15 is 0 Å². The van der Waals surface area contributed by atoms with Gasteiger partial charge < -0.3 is 13.6 Å². The summed E-state index contributed by atoms with van der Waals surface area (Å²) in [6.45, 7) is 0. The minimum Gasteiger partial charge on any atom is -0.456 e. The van der Waals surface area contributed by atoms with Crippen LogP contribution in [0.4, 0.5) is 0 Å². The highest BCUT2D eigenvalue weighted by Gasteiger charge is 2.24. The summed E-state index contributed by atoms with van der Waals surface area (Å²) in [7, 11) is 0. The van der Waals surface area contributed by atoms with E-state index in [-0.39, 0.29) is 0 Å². The highest BCUT2D eigenvalue weighted by atomic mass is 32.1. The van der Waals surface area contributed by atoms with Crippen LogP contribution in [0.2, 0.25) is 0 Å². The summed E-state index contributed by atoms with van der Waals surface area (Å²) in [4.78, 5) is 10.9. The van der Waals surface area contributed by atoms with Gasteiger partial charge in [0, 0.05) is 96.5 Å². The van der Waals surface area contributed by atoms with Crippen LogP contribution in [0.1, 0.15) is 0 Å². The standard InChI is InChI=1S/C65H41N3O.C65H41N3S/c2*1-3-13-42(14-4-1)43-25-27-44(28-26-43)45-15-11-16-50(37-45)58-21-12-24-65(66-58)68-61-34-30-47(46-29-33-60-54(38-46)52-19-7-9-22-59(52)67(60)51-17-5-2-6-18-51)39-55(61)56-40-48(31-35-62(56)68)49-32-36-64-57(41-49)53-20-8-10-23-63(53)69-64/h2*1-41H. The van der Waals surface area contributed by atoms with E-state index in [1.54, 1.807) is 0 Å². The van der Waals surface area contributed by atoms with Crippen molar-refractivity contribution in [3.05, 3.63) is 497 Å². The molecular formula is C130H82N6OS. The van der Waals surface area contributed by atoms with Gasteiger partial charge in [-0.25, -0.2) is 9.97 Å². The lowest BCUT2D eigenvalue weighted by Gasteiger charge is -2.11. The fraction of sp³-hybridized carbons (Fsp3) is 0. The lowest BCUT2D eigenvalue weighted by molar-refractivity contribution is 0.669. The zero-order valence-corrected chi connectivity index (χ0v) is 75.7. The third-order valence-corrected chi connectivity index (χ3v) is 29.0. The zero-order chi connectivity index (χ0) is 90.8. The Hall–Kier alpha value is -18.1. The number of hydrogen-bond acceptors (Lipinski definition) is 4. The molecule has 8 heterocycles. The molecule has 0 aliphatic carbocycles. The fourth-order valence-electron chi connectivity index (χ4n) is 21.2. The van der Waals surface area contributed by atoms with Crippen molar-refractivity contribution < 1.29 is 4.42 Å². The van der Waals surface area contributed by atoms with Crippen LogP contribution in [0.25, 0.3) is 264 Å². The van der Waals surface area contributed by atoms with Crippen molar-refractivity contribution in [3.8, 4) is 135 Å². The molecule has 0 saturated heterocycles. The summed E-state index contributed by atoms with van der Waals surface area (Å²) in [6.07, 6.45) is 0. The number of aromatic nitrogens is 6. The first-order valence-electron chi connectivity index (χ1n) is 47.0. The molecule has 0 atom stereocenters. The Kier molecular flexibility index (Phi) is 19.0. The molecule has 8 aromatic heterocycles. The highest BCUT2D eigenvalue weighted by molar-refractivity contribution is 7.25. The van der Waals surface area contributed by atoms with Crippen molar-refractivity contribution in [2.75, 3.05) is 0 Å². The number of benzene rings is 20. The first-order chi connectivity index (χ1) is 68.4. The lowest BCUT2D eigenvalue weighted by atomic mass is 9.98. The molecule has 28 rings (SSSR count). The molecule has 0 fully saturated rings. The number of pyridine rings is 2. The monoisotopic (exact) mass is 1770 g/mol. The molecule has 0 N–H and O–H groups in total. The number of thiophene rings is 1. The van der Waals surface area contributed by atoms with E-state index in [0.717, 1.165) is 123 Å². The van der Waals surface area contributed by atoms with Crippen LogP contribution in [-0.2, 0) is 0 Å². The van der Waals surface area contributed by atoms with E-state index < -0.39 is 0 Å². The Morgan fingerprint density at radius 2 is 0.420 bits per heavy atom. The lowest BCUT2D eigenvalue weighted by Crippen LogP contribution is -1.98. The van der Waals surface area contributed by atoms with Crippen LogP contribution in [0.15, 0.2) is 502 Å². The van der Waals surface area contributed by atoms with Gasteiger partial charge in [-0.05, 0) is 271 Å². The average molecular weight is 1780 g/mol. The van der Waals surface area contributed by atoms with Crippen molar-refractivity contribution in [1.29, 1.82) is 0 Å². The van der Waals surface area contributed by atoms with Crippen molar-refractivity contribution in [3.63, 3.8) is 0 Å². The van der Waals surface area contributed by atoms with Crippen molar-refractivity contribution >= 4 is 141 Å². The van der Waals surface area contributed by atoms with Crippen molar-refractivity contribution in [2.24, 2.45) is 0 Å². The molecule has 0 aliphatic heterocycles. The van der Waals surface area contributed by atoms with E-state index in [2.05, 4.69) is 504 Å². The van der Waals surface area contributed by atoms with Gasteiger partial charge in [0.1, 0.15) is 22.8 Å². The summed E-state index contributed by atoms with van der Waals surface area (Å²) < 4.78 is 18.3. The fourth-order valence-corrected chi connectivity index (χ4v) is 22.3. The maximum absolute atomic E-state index is 6.23. The highest BCUT2D eigenvalue weighted by Crippen LogP contribution is 2.46. The molecule has 20 aromatic carbocycles. The van der Waals surface area contributed by atoms with Gasteiger partial charge in [0.15, 0.2) is 0 Å². The molecule has 138 heavy (non-hydrogen) atoms. The van der Waals surface area contributed by atoms with E-state index in [4.69, 9.17) is 14.4 Å². The summed E-state index contributed by atoms with van der Waals surface area (Å²) in [5.74, 6) is 1.75. The van der Waals surface area contributed by atoms with Gasteiger partial charge in [0.05, 0.1) is 55.5 Å². The van der Waals surface area contributed by atoms with Gasteiger partial charge >= 0.3 is 0 Å². The molecule has 0 saturated carbocycles. The predicted octanol–water partition coefficient (Wildman–Crippen LogP) is 35.5. The average Bonchev–Trinajstić information content (AvgIpc) is 1.58. The molecule has 0 bridgehead atoms. The minimum absolute atomic E-state index is 0.868. The molecule has 0 spiro atoms. The molecular weight excluding hydrogens is 1690 g/mol. The maximum atomic E-state index is 6.23. The normalized spacial score (nSPS) is 11.8. The Bertz CT molecular complexity index is 9140. The Balaban J connectivity index is 0.000000139. The first-order valence-corrected chi connectivity index (χ1v) is 47.8. The van der Waals surface area contributed by atoms with Gasteiger partial charge in [0.25, 0.3) is 0 Å². The SMILES string of the molecule is c1ccc(-c2ccc(-c3cccc(-c4cccc(-n5c6ccc(-c7ccc8oc9ccccc9c8c7)cc6c6cc(-c7ccc8c(c7)c7ccccc7n8-c7ccccc7)ccc65)n4)c3)cc2)cc1.c1ccc(-c2ccc(-c3cccc(-c4cccc(-n5c6ccc(-c7ccc8sc9ccccc9c8c7)cc6c6cc(-c7ccc8c(c7)c7ccccc7n8-c7ccccc7)ccc65)n4)c3)cc2)cc1. The predicted molar refractivity (Wildman–Crippen MR) is 580 cm³/mol.